The molecule has 0 unspecified atom stereocenters. The van der Waals surface area contributed by atoms with Gasteiger partial charge in [-0.15, -0.1) is 0 Å². The van der Waals surface area contributed by atoms with Gasteiger partial charge >= 0.3 is 0 Å². The highest BCUT2D eigenvalue weighted by atomic mass is 19.1. The van der Waals surface area contributed by atoms with Gasteiger partial charge in [0.2, 0.25) is 11.8 Å². The summed E-state index contributed by atoms with van der Waals surface area (Å²) in [6.07, 6.45) is 3.08. The first-order valence-corrected chi connectivity index (χ1v) is 10.8. The van der Waals surface area contributed by atoms with Gasteiger partial charge in [0.25, 0.3) is 0 Å². The third-order valence-electron chi connectivity index (χ3n) is 5.96. The summed E-state index contributed by atoms with van der Waals surface area (Å²) < 4.78 is 42.2. The maximum atomic E-state index is 14.6. The lowest BCUT2D eigenvalue weighted by Gasteiger charge is -2.32. The Morgan fingerprint density at radius 3 is 2.56 bits per heavy atom. The quantitative estimate of drug-likeness (QED) is 0.533. The van der Waals surface area contributed by atoms with Gasteiger partial charge < -0.3 is 16.0 Å². The third kappa shape index (κ3) is 4.62. The summed E-state index contributed by atoms with van der Waals surface area (Å²) in [6.45, 7) is 3.16. The second-order valence-corrected chi connectivity index (χ2v) is 8.21. The van der Waals surface area contributed by atoms with E-state index in [9.17, 15) is 22.8 Å². The number of carbonyl (C=O) groups is 2. The van der Waals surface area contributed by atoms with E-state index in [-0.39, 0.29) is 26.0 Å². The van der Waals surface area contributed by atoms with Crippen molar-refractivity contribution in [3.05, 3.63) is 112 Å². The van der Waals surface area contributed by atoms with Crippen LogP contribution in [0.4, 0.5) is 13.2 Å². The predicted molar refractivity (Wildman–Crippen MR) is 125 cm³/mol. The second-order valence-electron chi connectivity index (χ2n) is 8.21. The van der Waals surface area contributed by atoms with Gasteiger partial charge in [-0.05, 0) is 43.5 Å². The van der Waals surface area contributed by atoms with Crippen molar-refractivity contribution in [3.63, 3.8) is 0 Å². The van der Waals surface area contributed by atoms with Gasteiger partial charge in [0, 0.05) is 31.8 Å². The second kappa shape index (κ2) is 9.59. The maximum absolute atomic E-state index is 14.6. The van der Waals surface area contributed by atoms with E-state index in [1.807, 2.05) is 30.3 Å². The molecule has 2 aromatic carbocycles. The fourth-order valence-corrected chi connectivity index (χ4v) is 4.28. The molecule has 2 heterocycles. The minimum atomic E-state index is -0.985. The van der Waals surface area contributed by atoms with Crippen LogP contribution in [0, 0.1) is 23.6 Å². The van der Waals surface area contributed by atoms with E-state index >= 15 is 0 Å². The zero-order valence-corrected chi connectivity index (χ0v) is 18.6. The monoisotopic (exact) mass is 470 g/mol. The van der Waals surface area contributed by atoms with Crippen molar-refractivity contribution in [2.45, 2.75) is 26.3 Å². The minimum absolute atomic E-state index is 0. The van der Waals surface area contributed by atoms with Crippen molar-refractivity contribution in [2.24, 2.45) is 5.92 Å². The molecule has 2 atom stereocenters. The first kappa shape index (κ1) is 23.4. The van der Waals surface area contributed by atoms with E-state index < -0.39 is 41.4 Å². The van der Waals surface area contributed by atoms with Crippen LogP contribution in [0.2, 0.25) is 0 Å². The zero-order chi connectivity index (χ0) is 24.4. The number of amides is 2. The summed E-state index contributed by atoms with van der Waals surface area (Å²) in [5.74, 6) is -4.17. The summed E-state index contributed by atoms with van der Waals surface area (Å²) >= 11 is 0. The standard InChI is InChI=1S/C26H23F3N3O2.2H2/c1-14-22(26(34)32-21-10-11-30-24(29)23(14)21)19(12-16-6-4-3-5-7-16)25(33)31-15(2)18-9-8-17(27)13-20(18)28;;/h3-11,13,15,19,30H,12H2,1-2H3,(H,31,33)(H,32,34);2*1H/t15-,19+;;/m0../s1. The molecule has 34 heavy (non-hydrogen) atoms. The summed E-state index contributed by atoms with van der Waals surface area (Å²) in [5.41, 5.74) is 1.55. The molecule has 8 heteroatoms. The van der Waals surface area contributed by atoms with Crippen LogP contribution >= 0.6 is 0 Å². The Labute approximate surface area is 198 Å². The predicted octanol–water partition coefficient (Wildman–Crippen LogP) is 4.77. The number of nitrogens with one attached hydrogen (secondary N) is 3. The molecule has 3 N–H and O–H groups in total. The molecular formula is C26H27F3N3O2. The molecule has 5 nitrogen and oxygen atoms in total. The molecule has 0 spiro atoms. The topological polar surface area (TPSA) is 70.2 Å². The molecule has 4 rings (SSSR count). The fourth-order valence-electron chi connectivity index (χ4n) is 4.28. The van der Waals surface area contributed by atoms with Crippen LogP contribution in [-0.4, -0.2) is 11.8 Å². The highest BCUT2D eigenvalue weighted by Gasteiger charge is 2.39. The first-order valence-electron chi connectivity index (χ1n) is 10.8. The number of dihydropyridines is 1. The Morgan fingerprint density at radius 2 is 1.85 bits per heavy atom. The smallest absolute Gasteiger partial charge is 0.249 e. The van der Waals surface area contributed by atoms with Crippen LogP contribution in [-0.2, 0) is 16.0 Å². The Kier molecular flexibility index (Phi) is 6.58. The number of hydrogen-bond acceptors (Lipinski definition) is 3. The normalized spacial score (nSPS) is 17.6. The molecule has 2 aliphatic rings. The molecule has 1 radical (unpaired) electrons. The van der Waals surface area contributed by atoms with Gasteiger partial charge in [-0.25, -0.2) is 8.78 Å². The van der Waals surface area contributed by atoms with Crippen molar-refractivity contribution in [3.8, 4) is 0 Å². The summed E-state index contributed by atoms with van der Waals surface area (Å²) in [6, 6.07) is 11.7. The van der Waals surface area contributed by atoms with Crippen LogP contribution in [0.3, 0.4) is 0 Å². The molecule has 0 saturated heterocycles. The van der Waals surface area contributed by atoms with Crippen molar-refractivity contribution in [1.82, 2.24) is 16.0 Å². The molecule has 179 valence electrons. The average molecular weight is 471 g/mol. The van der Waals surface area contributed by atoms with Crippen molar-refractivity contribution in [1.29, 1.82) is 0 Å². The molecule has 2 aliphatic heterocycles. The highest BCUT2D eigenvalue weighted by Crippen LogP contribution is 2.36. The van der Waals surface area contributed by atoms with E-state index in [4.69, 9.17) is 0 Å². The van der Waals surface area contributed by atoms with Gasteiger partial charge in [-0.2, -0.15) is 4.39 Å². The fraction of sp³-hybridized carbons (Fsp3) is 0.192. The van der Waals surface area contributed by atoms with Crippen molar-refractivity contribution in [2.75, 3.05) is 0 Å². The zero-order valence-electron chi connectivity index (χ0n) is 18.6. The van der Waals surface area contributed by atoms with E-state index in [0.717, 1.165) is 17.7 Å². The highest BCUT2D eigenvalue weighted by molar-refractivity contribution is 6.04. The Hall–Kier alpha value is -3.81. The summed E-state index contributed by atoms with van der Waals surface area (Å²) in [5, 5.41) is 7.88. The molecule has 0 aliphatic carbocycles. The number of halogens is 3. The van der Waals surface area contributed by atoms with E-state index in [2.05, 4.69) is 16.0 Å². The number of rotatable bonds is 6. The van der Waals surface area contributed by atoms with E-state index in [1.165, 1.54) is 12.3 Å². The average Bonchev–Trinajstić information content (AvgIpc) is 2.78. The van der Waals surface area contributed by atoms with Gasteiger partial charge in [-0.3, -0.25) is 9.59 Å². The van der Waals surface area contributed by atoms with Crippen LogP contribution < -0.4 is 16.0 Å². The molecular weight excluding hydrogens is 443 g/mol. The number of carbonyl (C=O) groups excluding carboxylic acids is 2. The number of hydrogen-bond donors (Lipinski definition) is 3. The first-order chi connectivity index (χ1) is 16.3. The lowest BCUT2D eigenvalue weighted by molar-refractivity contribution is -0.127. The van der Waals surface area contributed by atoms with E-state index in [1.54, 1.807) is 19.9 Å². The van der Waals surface area contributed by atoms with Gasteiger partial charge in [0.1, 0.15) is 17.7 Å². The van der Waals surface area contributed by atoms with E-state index in [0.29, 0.717) is 11.6 Å². The molecule has 0 aromatic heterocycles. The van der Waals surface area contributed by atoms with Crippen LogP contribution in [0.5, 0.6) is 0 Å². The molecule has 2 amide bonds. The van der Waals surface area contributed by atoms with Gasteiger partial charge in [0.05, 0.1) is 12.0 Å². The van der Waals surface area contributed by atoms with Crippen molar-refractivity contribution >= 4 is 11.8 Å². The largest absolute Gasteiger partial charge is 0.349 e. The van der Waals surface area contributed by atoms with Gasteiger partial charge in [0.15, 0.2) is 5.95 Å². The lowest BCUT2D eigenvalue weighted by atomic mass is 9.81. The number of fused-ring (bicyclic) bond motifs is 1. The molecule has 0 saturated carbocycles. The summed E-state index contributed by atoms with van der Waals surface area (Å²) in [4.78, 5) is 26.6. The molecule has 0 bridgehead atoms. The van der Waals surface area contributed by atoms with Gasteiger partial charge in [-0.1, -0.05) is 36.4 Å². The Bertz CT molecular complexity index is 1230. The Balaban J connectivity index is 0.00000228. The minimum Gasteiger partial charge on any atom is -0.349 e. The lowest BCUT2D eigenvalue weighted by Crippen LogP contribution is -2.44. The molecule has 2 aromatic rings. The SMILES string of the molecule is CC1=C([C@@H](Cc2ccccc2)C(=O)N[C@@H](C)c2ccc(F)cc2F)C(=O)N[C]2C=CNC(F)=C21.[HH].[HH]. The third-order valence-corrected chi connectivity index (χ3v) is 5.96. The molecule has 0 fully saturated rings. The van der Waals surface area contributed by atoms with Crippen LogP contribution in [0.1, 0.15) is 33.9 Å². The van der Waals surface area contributed by atoms with Crippen LogP contribution in [0.25, 0.3) is 0 Å². The maximum Gasteiger partial charge on any atom is 0.249 e. The van der Waals surface area contributed by atoms with Crippen LogP contribution in [0.15, 0.2) is 83.5 Å². The Morgan fingerprint density at radius 1 is 1.12 bits per heavy atom. The van der Waals surface area contributed by atoms with Crippen molar-refractivity contribution < 1.29 is 25.6 Å². The number of benzene rings is 2. The summed E-state index contributed by atoms with van der Waals surface area (Å²) in [7, 11) is 0.